The summed E-state index contributed by atoms with van der Waals surface area (Å²) in [4.78, 5) is 35.7. The molecule has 2 aromatic rings. The predicted octanol–water partition coefficient (Wildman–Crippen LogP) is 5.09. The maximum absolute atomic E-state index is 12.3. The lowest BCUT2D eigenvalue weighted by molar-refractivity contribution is -0.137. The zero-order chi connectivity index (χ0) is 25.2. The van der Waals surface area contributed by atoms with Gasteiger partial charge in [-0.25, -0.2) is 4.79 Å². The SMILES string of the molecule is CCCC[C@@H](CC(=O)O)NC(=O)CC(C)CCNC(=O)OCC1c2ccccc2-c2ccccc21. The van der Waals surface area contributed by atoms with Gasteiger partial charge in [0.2, 0.25) is 5.91 Å². The van der Waals surface area contributed by atoms with Crippen molar-refractivity contribution >= 4 is 18.0 Å². The van der Waals surface area contributed by atoms with Gasteiger partial charge < -0.3 is 20.5 Å². The van der Waals surface area contributed by atoms with Gasteiger partial charge in [-0.05, 0) is 41.0 Å². The minimum absolute atomic E-state index is 0.0159. The Morgan fingerprint density at radius 3 is 2.20 bits per heavy atom. The normalized spacial score (nSPS) is 13.9. The van der Waals surface area contributed by atoms with Crippen LogP contribution in [0.15, 0.2) is 48.5 Å². The molecule has 3 N–H and O–H groups in total. The lowest BCUT2D eigenvalue weighted by Gasteiger charge is -2.18. The number of ether oxygens (including phenoxy) is 1. The fraction of sp³-hybridized carbons (Fsp3) is 0.464. The topological polar surface area (TPSA) is 105 Å². The van der Waals surface area contributed by atoms with E-state index >= 15 is 0 Å². The van der Waals surface area contributed by atoms with Crippen molar-refractivity contribution in [1.29, 1.82) is 0 Å². The van der Waals surface area contributed by atoms with E-state index < -0.39 is 12.1 Å². The number of hydrogen-bond donors (Lipinski definition) is 3. The molecule has 35 heavy (non-hydrogen) atoms. The van der Waals surface area contributed by atoms with E-state index in [1.54, 1.807) is 0 Å². The highest BCUT2D eigenvalue weighted by Crippen LogP contribution is 2.44. The number of hydrogen-bond acceptors (Lipinski definition) is 4. The number of carbonyl (C=O) groups is 3. The first-order valence-electron chi connectivity index (χ1n) is 12.5. The molecule has 7 nitrogen and oxygen atoms in total. The number of aliphatic carboxylic acids is 1. The van der Waals surface area contributed by atoms with Crippen LogP contribution in [0.1, 0.15) is 69.4 Å². The highest BCUT2D eigenvalue weighted by Gasteiger charge is 2.29. The van der Waals surface area contributed by atoms with Crippen molar-refractivity contribution in [3.8, 4) is 11.1 Å². The summed E-state index contributed by atoms with van der Waals surface area (Å²) in [5.41, 5.74) is 4.71. The first-order chi connectivity index (χ1) is 16.9. The van der Waals surface area contributed by atoms with Gasteiger partial charge in [-0.1, -0.05) is 75.2 Å². The van der Waals surface area contributed by atoms with Gasteiger partial charge in [0, 0.05) is 24.9 Å². The third-order valence-electron chi connectivity index (χ3n) is 6.48. The number of alkyl carbamates (subject to hydrolysis) is 1. The van der Waals surface area contributed by atoms with Crippen molar-refractivity contribution in [3.05, 3.63) is 59.7 Å². The summed E-state index contributed by atoms with van der Waals surface area (Å²) in [6.45, 7) is 4.64. The number of rotatable bonds is 13. The fourth-order valence-corrected chi connectivity index (χ4v) is 4.66. The number of carboxylic acid groups (broad SMARTS) is 1. The molecule has 0 spiro atoms. The Bertz CT molecular complexity index is 976. The van der Waals surface area contributed by atoms with Crippen LogP contribution in [-0.2, 0) is 14.3 Å². The Hall–Kier alpha value is -3.35. The van der Waals surface area contributed by atoms with Crippen LogP contribution < -0.4 is 10.6 Å². The Kier molecular flexibility index (Phi) is 9.70. The number of carboxylic acids is 1. The zero-order valence-electron chi connectivity index (χ0n) is 20.6. The number of unbranched alkanes of at least 4 members (excludes halogenated alkanes) is 1. The van der Waals surface area contributed by atoms with E-state index in [1.165, 1.54) is 22.3 Å². The lowest BCUT2D eigenvalue weighted by atomic mass is 9.98. The first-order valence-corrected chi connectivity index (χ1v) is 12.5. The predicted molar refractivity (Wildman–Crippen MR) is 135 cm³/mol. The number of carbonyl (C=O) groups excluding carboxylic acids is 2. The summed E-state index contributed by atoms with van der Waals surface area (Å²) in [6, 6.07) is 16.1. The molecular weight excluding hydrogens is 444 g/mol. The molecule has 0 radical (unpaired) electrons. The van der Waals surface area contributed by atoms with Crippen molar-refractivity contribution in [2.24, 2.45) is 5.92 Å². The molecule has 0 heterocycles. The smallest absolute Gasteiger partial charge is 0.407 e. The second-order valence-electron chi connectivity index (χ2n) is 9.35. The summed E-state index contributed by atoms with van der Waals surface area (Å²) in [5.74, 6) is -1.00. The van der Waals surface area contributed by atoms with Crippen molar-refractivity contribution in [3.63, 3.8) is 0 Å². The van der Waals surface area contributed by atoms with Gasteiger partial charge in [0.1, 0.15) is 6.61 Å². The van der Waals surface area contributed by atoms with E-state index in [4.69, 9.17) is 9.84 Å². The van der Waals surface area contributed by atoms with E-state index in [0.29, 0.717) is 19.4 Å². The van der Waals surface area contributed by atoms with Crippen molar-refractivity contribution < 1.29 is 24.2 Å². The Labute approximate surface area is 207 Å². The van der Waals surface area contributed by atoms with Gasteiger partial charge >= 0.3 is 12.1 Å². The summed E-state index contributed by atoms with van der Waals surface area (Å²) < 4.78 is 5.54. The van der Waals surface area contributed by atoms with E-state index in [9.17, 15) is 14.4 Å². The summed E-state index contributed by atoms with van der Waals surface area (Å²) in [7, 11) is 0. The molecule has 0 fully saturated rings. The summed E-state index contributed by atoms with van der Waals surface area (Å²) in [6.07, 6.45) is 2.85. The quantitative estimate of drug-likeness (QED) is 0.370. The Morgan fingerprint density at radius 1 is 0.971 bits per heavy atom. The van der Waals surface area contributed by atoms with Crippen LogP contribution in [-0.4, -0.2) is 42.3 Å². The van der Waals surface area contributed by atoms with Crippen LogP contribution in [0.5, 0.6) is 0 Å². The minimum Gasteiger partial charge on any atom is -0.481 e. The maximum atomic E-state index is 12.3. The molecular formula is C28H36N2O5. The second-order valence-corrected chi connectivity index (χ2v) is 9.35. The standard InChI is InChI=1S/C28H36N2O5/c1-3-4-9-20(17-27(32)33)30-26(31)16-19(2)14-15-29-28(34)35-18-25-23-12-7-5-10-21(23)22-11-6-8-13-24(22)25/h5-8,10-13,19-20,25H,3-4,9,14-18H2,1-2H3,(H,29,34)(H,30,31)(H,32,33)/t19?,20-/m0/s1. The van der Waals surface area contributed by atoms with Gasteiger partial charge in [-0.2, -0.15) is 0 Å². The molecule has 0 aromatic heterocycles. The molecule has 0 bridgehead atoms. The average molecular weight is 481 g/mol. The molecule has 0 saturated carbocycles. The first kappa shape index (κ1) is 26.3. The Balaban J connectivity index is 1.40. The average Bonchev–Trinajstić information content (AvgIpc) is 3.14. The van der Waals surface area contributed by atoms with Gasteiger partial charge in [-0.15, -0.1) is 0 Å². The number of fused-ring (bicyclic) bond motifs is 3. The molecule has 1 aliphatic rings. The number of benzene rings is 2. The Morgan fingerprint density at radius 2 is 1.60 bits per heavy atom. The van der Waals surface area contributed by atoms with E-state index in [0.717, 1.165) is 12.8 Å². The van der Waals surface area contributed by atoms with Gasteiger partial charge in [0.25, 0.3) is 0 Å². The van der Waals surface area contributed by atoms with Crippen LogP contribution in [0.25, 0.3) is 11.1 Å². The number of amides is 2. The highest BCUT2D eigenvalue weighted by molar-refractivity contribution is 5.79. The molecule has 2 atom stereocenters. The van der Waals surface area contributed by atoms with E-state index in [-0.39, 0.29) is 43.2 Å². The third-order valence-corrected chi connectivity index (χ3v) is 6.48. The molecule has 2 amide bonds. The second kappa shape index (κ2) is 12.9. The lowest BCUT2D eigenvalue weighted by Crippen LogP contribution is -2.37. The zero-order valence-corrected chi connectivity index (χ0v) is 20.6. The molecule has 1 aliphatic carbocycles. The maximum Gasteiger partial charge on any atom is 0.407 e. The molecule has 3 rings (SSSR count). The van der Waals surface area contributed by atoms with Gasteiger partial charge in [-0.3, -0.25) is 9.59 Å². The molecule has 2 aromatic carbocycles. The van der Waals surface area contributed by atoms with Crippen LogP contribution in [0.2, 0.25) is 0 Å². The summed E-state index contributed by atoms with van der Waals surface area (Å²) in [5, 5.41) is 14.7. The third kappa shape index (κ3) is 7.57. The van der Waals surface area contributed by atoms with Crippen molar-refractivity contribution in [1.82, 2.24) is 10.6 Å². The largest absolute Gasteiger partial charge is 0.481 e. The van der Waals surface area contributed by atoms with Gasteiger partial charge in [0.15, 0.2) is 0 Å². The van der Waals surface area contributed by atoms with Gasteiger partial charge in [0.05, 0.1) is 6.42 Å². The fourth-order valence-electron chi connectivity index (χ4n) is 4.66. The monoisotopic (exact) mass is 480 g/mol. The van der Waals surface area contributed by atoms with E-state index in [2.05, 4.69) is 34.9 Å². The molecule has 188 valence electrons. The molecule has 1 unspecified atom stereocenters. The molecule has 0 saturated heterocycles. The van der Waals surface area contributed by atoms with Crippen LogP contribution in [0.4, 0.5) is 4.79 Å². The molecule has 7 heteroatoms. The van der Waals surface area contributed by atoms with Crippen LogP contribution >= 0.6 is 0 Å². The summed E-state index contributed by atoms with van der Waals surface area (Å²) >= 11 is 0. The van der Waals surface area contributed by atoms with Crippen LogP contribution in [0.3, 0.4) is 0 Å². The highest BCUT2D eigenvalue weighted by atomic mass is 16.5. The van der Waals surface area contributed by atoms with Crippen LogP contribution in [0, 0.1) is 5.92 Å². The minimum atomic E-state index is -0.910. The van der Waals surface area contributed by atoms with Crippen molar-refractivity contribution in [2.75, 3.05) is 13.2 Å². The number of nitrogens with one attached hydrogen (secondary N) is 2. The van der Waals surface area contributed by atoms with E-state index in [1.807, 2.05) is 38.1 Å². The molecule has 0 aliphatic heterocycles. The van der Waals surface area contributed by atoms with Crippen molar-refractivity contribution in [2.45, 2.75) is 64.3 Å².